The van der Waals surface area contributed by atoms with Crippen molar-refractivity contribution in [3.8, 4) is 5.75 Å². The quantitative estimate of drug-likeness (QED) is 0.743. The molecule has 1 aliphatic rings. The van der Waals surface area contributed by atoms with E-state index in [-0.39, 0.29) is 6.10 Å². The number of hydrogen-bond donors (Lipinski definition) is 2. The Hall–Kier alpha value is -2.44. The first kappa shape index (κ1) is 15.1. The number of aromatic nitrogens is 3. The van der Waals surface area contributed by atoms with Crippen LogP contribution >= 0.6 is 11.6 Å². The topological polar surface area (TPSA) is 72.0 Å². The average Bonchev–Trinajstić information content (AvgIpc) is 2.57. The minimum atomic E-state index is 0.215. The number of halogens is 1. The number of hydrogen-bond acceptors (Lipinski definition) is 6. The van der Waals surface area contributed by atoms with E-state index in [0.29, 0.717) is 11.6 Å². The van der Waals surface area contributed by atoms with Gasteiger partial charge in [-0.3, -0.25) is 15.0 Å². The zero-order valence-electron chi connectivity index (χ0n) is 12.9. The summed E-state index contributed by atoms with van der Waals surface area (Å²) in [6.07, 6.45) is 7.03. The van der Waals surface area contributed by atoms with E-state index in [1.54, 1.807) is 24.8 Å². The number of fused-ring (bicyclic) bond motifs is 1. The fraction of sp³-hybridized carbons (Fsp3) is 0.235. The molecule has 0 radical (unpaired) electrons. The van der Waals surface area contributed by atoms with Crippen molar-refractivity contribution in [2.45, 2.75) is 12.6 Å². The van der Waals surface area contributed by atoms with Crippen molar-refractivity contribution >= 4 is 28.3 Å². The second kappa shape index (κ2) is 6.59. The highest BCUT2D eigenvalue weighted by molar-refractivity contribution is 6.32. The molecule has 0 saturated carbocycles. The van der Waals surface area contributed by atoms with Crippen LogP contribution < -0.4 is 15.4 Å². The van der Waals surface area contributed by atoms with E-state index in [0.717, 1.165) is 41.1 Å². The monoisotopic (exact) mass is 341 g/mol. The van der Waals surface area contributed by atoms with E-state index >= 15 is 0 Å². The van der Waals surface area contributed by atoms with Gasteiger partial charge in [0.2, 0.25) is 0 Å². The van der Waals surface area contributed by atoms with Gasteiger partial charge in [-0.2, -0.15) is 0 Å². The van der Waals surface area contributed by atoms with E-state index < -0.39 is 0 Å². The summed E-state index contributed by atoms with van der Waals surface area (Å²) < 4.78 is 5.95. The normalized spacial score (nSPS) is 14.4. The number of rotatable bonds is 5. The molecule has 0 aliphatic carbocycles. The Labute approximate surface area is 144 Å². The molecular weight excluding hydrogens is 326 g/mol. The second-order valence-electron chi connectivity index (χ2n) is 5.61. The van der Waals surface area contributed by atoms with Gasteiger partial charge < -0.3 is 15.4 Å². The summed E-state index contributed by atoms with van der Waals surface area (Å²) in [6, 6.07) is 5.65. The SMILES string of the molecule is Clc1cc2nccnc2cc1CNc1cnccc1OC1CNC1. The molecule has 0 spiro atoms. The molecule has 6 nitrogen and oxygen atoms in total. The summed E-state index contributed by atoms with van der Waals surface area (Å²) in [6.45, 7) is 2.30. The van der Waals surface area contributed by atoms with E-state index in [1.165, 1.54) is 0 Å². The molecule has 0 amide bonds. The lowest BCUT2D eigenvalue weighted by Crippen LogP contribution is -2.50. The highest BCUT2D eigenvalue weighted by Crippen LogP contribution is 2.27. The minimum absolute atomic E-state index is 0.215. The van der Waals surface area contributed by atoms with Crippen LogP contribution in [-0.2, 0) is 6.54 Å². The largest absolute Gasteiger partial charge is 0.485 e. The minimum Gasteiger partial charge on any atom is -0.485 e. The summed E-state index contributed by atoms with van der Waals surface area (Å²) in [7, 11) is 0. The predicted octanol–water partition coefficient (Wildman–Crippen LogP) is 2.64. The molecule has 1 fully saturated rings. The number of nitrogens with zero attached hydrogens (tertiary/aromatic N) is 3. The van der Waals surface area contributed by atoms with Gasteiger partial charge in [-0.25, -0.2) is 0 Å². The van der Waals surface area contributed by atoms with Crippen LogP contribution in [0.3, 0.4) is 0 Å². The standard InChI is InChI=1S/C17H16ClN5O/c18-13-6-15-14(21-3-4-22-15)5-11(13)7-23-16-10-19-2-1-17(16)24-12-8-20-9-12/h1-6,10,12,20,23H,7-9H2. The molecule has 2 aromatic heterocycles. The third kappa shape index (κ3) is 3.11. The van der Waals surface area contributed by atoms with Crippen molar-refractivity contribution in [1.82, 2.24) is 20.3 Å². The number of benzene rings is 1. The van der Waals surface area contributed by atoms with Crippen LogP contribution in [0.5, 0.6) is 5.75 Å². The predicted molar refractivity (Wildman–Crippen MR) is 93.4 cm³/mol. The number of ether oxygens (including phenoxy) is 1. The molecule has 0 bridgehead atoms. The van der Waals surface area contributed by atoms with Crippen LogP contribution in [0.15, 0.2) is 43.0 Å². The summed E-state index contributed by atoms with van der Waals surface area (Å²) in [5, 5.41) is 7.20. The van der Waals surface area contributed by atoms with E-state index in [1.807, 2.05) is 18.2 Å². The van der Waals surface area contributed by atoms with Crippen molar-refractivity contribution in [2.24, 2.45) is 0 Å². The van der Waals surface area contributed by atoms with Crippen molar-refractivity contribution in [1.29, 1.82) is 0 Å². The van der Waals surface area contributed by atoms with Crippen molar-refractivity contribution in [3.63, 3.8) is 0 Å². The molecule has 24 heavy (non-hydrogen) atoms. The van der Waals surface area contributed by atoms with Crippen LogP contribution in [0.2, 0.25) is 5.02 Å². The first-order valence-corrected chi connectivity index (χ1v) is 8.12. The second-order valence-corrected chi connectivity index (χ2v) is 6.02. The molecule has 4 rings (SSSR count). The van der Waals surface area contributed by atoms with E-state index in [9.17, 15) is 0 Å². The van der Waals surface area contributed by atoms with Crippen LogP contribution in [0.4, 0.5) is 5.69 Å². The van der Waals surface area contributed by atoms with Gasteiger partial charge in [0.25, 0.3) is 0 Å². The summed E-state index contributed by atoms with van der Waals surface area (Å²) >= 11 is 6.36. The third-order valence-electron chi connectivity index (χ3n) is 3.93. The van der Waals surface area contributed by atoms with Crippen molar-refractivity contribution in [2.75, 3.05) is 18.4 Å². The summed E-state index contributed by atoms with van der Waals surface area (Å²) in [5.74, 6) is 0.799. The fourth-order valence-electron chi connectivity index (χ4n) is 2.50. The smallest absolute Gasteiger partial charge is 0.146 e. The lowest BCUT2D eigenvalue weighted by atomic mass is 10.2. The third-order valence-corrected chi connectivity index (χ3v) is 4.28. The van der Waals surface area contributed by atoms with Gasteiger partial charge in [-0.05, 0) is 17.7 Å². The summed E-state index contributed by atoms with van der Waals surface area (Å²) in [4.78, 5) is 12.7. The molecule has 3 aromatic rings. The van der Waals surface area contributed by atoms with Gasteiger partial charge in [-0.15, -0.1) is 0 Å². The first-order chi connectivity index (χ1) is 11.8. The Morgan fingerprint density at radius 3 is 2.71 bits per heavy atom. The van der Waals surface area contributed by atoms with E-state index in [2.05, 4.69) is 25.6 Å². The molecule has 1 saturated heterocycles. The Balaban J connectivity index is 1.53. The molecule has 2 N–H and O–H groups in total. The number of nitrogens with one attached hydrogen (secondary N) is 2. The average molecular weight is 342 g/mol. The molecule has 122 valence electrons. The zero-order valence-corrected chi connectivity index (χ0v) is 13.6. The fourth-order valence-corrected chi connectivity index (χ4v) is 2.72. The van der Waals surface area contributed by atoms with Gasteiger partial charge in [0.15, 0.2) is 0 Å². The van der Waals surface area contributed by atoms with Gasteiger partial charge in [0.1, 0.15) is 11.9 Å². The zero-order chi connectivity index (χ0) is 16.4. The Bertz CT molecular complexity index is 868. The van der Waals surface area contributed by atoms with Crippen LogP contribution in [0, 0.1) is 0 Å². The molecule has 0 atom stereocenters. The lowest BCUT2D eigenvalue weighted by molar-refractivity contribution is 0.143. The first-order valence-electron chi connectivity index (χ1n) is 7.74. The van der Waals surface area contributed by atoms with Gasteiger partial charge in [0.05, 0.1) is 22.9 Å². The lowest BCUT2D eigenvalue weighted by Gasteiger charge is -2.28. The Morgan fingerprint density at radius 1 is 1.17 bits per heavy atom. The van der Waals surface area contributed by atoms with Gasteiger partial charge in [0, 0.05) is 49.3 Å². The maximum atomic E-state index is 6.36. The maximum Gasteiger partial charge on any atom is 0.146 e. The molecule has 7 heteroatoms. The molecular formula is C17H16ClN5O. The molecule has 3 heterocycles. The van der Waals surface area contributed by atoms with Gasteiger partial charge >= 0.3 is 0 Å². The molecule has 0 unspecified atom stereocenters. The van der Waals surface area contributed by atoms with Crippen LogP contribution in [0.1, 0.15) is 5.56 Å². The Kier molecular flexibility index (Phi) is 4.15. The highest BCUT2D eigenvalue weighted by Gasteiger charge is 2.19. The van der Waals surface area contributed by atoms with Crippen LogP contribution in [-0.4, -0.2) is 34.1 Å². The van der Waals surface area contributed by atoms with Gasteiger partial charge in [-0.1, -0.05) is 11.6 Å². The molecule has 1 aliphatic heterocycles. The highest BCUT2D eigenvalue weighted by atomic mass is 35.5. The maximum absolute atomic E-state index is 6.36. The number of pyridine rings is 1. The molecule has 1 aromatic carbocycles. The van der Waals surface area contributed by atoms with Crippen molar-refractivity contribution < 1.29 is 4.74 Å². The Morgan fingerprint density at radius 2 is 1.96 bits per heavy atom. The van der Waals surface area contributed by atoms with Crippen molar-refractivity contribution in [3.05, 3.63) is 53.6 Å². The van der Waals surface area contributed by atoms with E-state index in [4.69, 9.17) is 16.3 Å². The summed E-state index contributed by atoms with van der Waals surface area (Å²) in [5.41, 5.74) is 3.40. The number of anilines is 1. The van der Waals surface area contributed by atoms with Crippen LogP contribution in [0.25, 0.3) is 11.0 Å².